The second kappa shape index (κ2) is 7.15. The fraction of sp³-hybridized carbons (Fsp3) is 0.471. The van der Waals surface area contributed by atoms with Gasteiger partial charge in [0.1, 0.15) is 10.6 Å². The summed E-state index contributed by atoms with van der Waals surface area (Å²) in [4.78, 5) is 0.0685. The lowest BCUT2D eigenvalue weighted by molar-refractivity contribution is 0.114. The summed E-state index contributed by atoms with van der Waals surface area (Å²) in [5.41, 5.74) is 2.28. The summed E-state index contributed by atoms with van der Waals surface area (Å²) >= 11 is 0. The first kappa shape index (κ1) is 17.9. The van der Waals surface area contributed by atoms with Crippen LogP contribution >= 0.6 is 0 Å². The molecule has 8 heteroatoms. The van der Waals surface area contributed by atoms with E-state index < -0.39 is 10.0 Å². The molecule has 1 unspecified atom stereocenters. The Balaban J connectivity index is 1.92. The minimum absolute atomic E-state index is 0.0685. The highest BCUT2D eigenvalue weighted by atomic mass is 32.2. The zero-order valence-corrected chi connectivity index (χ0v) is 15.4. The van der Waals surface area contributed by atoms with Crippen LogP contribution in [0, 0.1) is 13.8 Å². The van der Waals surface area contributed by atoms with Crippen molar-refractivity contribution >= 4 is 10.0 Å². The van der Waals surface area contributed by atoms with Crippen molar-refractivity contribution in [3.8, 4) is 17.1 Å². The molecule has 2 aromatic rings. The molecule has 0 aliphatic carbocycles. The quantitative estimate of drug-likeness (QED) is 0.844. The van der Waals surface area contributed by atoms with Crippen molar-refractivity contribution in [3.05, 3.63) is 29.5 Å². The summed E-state index contributed by atoms with van der Waals surface area (Å²) in [5.74, 6) is 0.827. The van der Waals surface area contributed by atoms with E-state index >= 15 is 0 Å². The van der Waals surface area contributed by atoms with Gasteiger partial charge in [0, 0.05) is 24.3 Å². The van der Waals surface area contributed by atoms with Gasteiger partial charge in [-0.1, -0.05) is 5.16 Å². The average molecular weight is 366 g/mol. The Kier molecular flexibility index (Phi) is 5.12. The number of sulfonamides is 1. The van der Waals surface area contributed by atoms with Gasteiger partial charge in [-0.3, -0.25) is 0 Å². The monoisotopic (exact) mass is 366 g/mol. The van der Waals surface area contributed by atoms with E-state index in [1.54, 1.807) is 18.2 Å². The molecule has 0 bridgehead atoms. The third kappa shape index (κ3) is 3.70. The largest absolute Gasteiger partial charge is 0.495 e. The van der Waals surface area contributed by atoms with Gasteiger partial charge in [0.15, 0.2) is 5.76 Å². The van der Waals surface area contributed by atoms with Gasteiger partial charge in [-0.05, 0) is 44.9 Å². The Morgan fingerprint density at radius 3 is 2.76 bits per heavy atom. The lowest BCUT2D eigenvalue weighted by Crippen LogP contribution is -2.32. The van der Waals surface area contributed by atoms with E-state index in [9.17, 15) is 8.42 Å². The first-order valence-electron chi connectivity index (χ1n) is 8.15. The lowest BCUT2D eigenvalue weighted by atomic mass is 10.1. The zero-order valence-electron chi connectivity index (χ0n) is 14.5. The molecule has 1 N–H and O–H groups in total. The van der Waals surface area contributed by atoms with Crippen LogP contribution in [0.2, 0.25) is 0 Å². The van der Waals surface area contributed by atoms with Crippen LogP contribution in [-0.4, -0.2) is 39.9 Å². The predicted molar refractivity (Wildman–Crippen MR) is 92.1 cm³/mol. The fourth-order valence-corrected chi connectivity index (χ4v) is 4.06. The maximum atomic E-state index is 12.7. The molecule has 2 heterocycles. The summed E-state index contributed by atoms with van der Waals surface area (Å²) in [5, 5.41) is 3.93. The SMILES string of the molecule is COc1ccc(-c2onc(C)c2C)cc1S(=O)(=O)NCC1CCCO1. The molecular weight excluding hydrogens is 344 g/mol. The third-order valence-corrected chi connectivity index (χ3v) is 5.84. The molecule has 0 radical (unpaired) electrons. The van der Waals surface area contributed by atoms with Gasteiger partial charge in [0.2, 0.25) is 10.0 Å². The molecule has 1 aliphatic rings. The van der Waals surface area contributed by atoms with E-state index in [0.717, 1.165) is 24.1 Å². The summed E-state index contributed by atoms with van der Waals surface area (Å²) in [6.45, 7) is 4.65. The van der Waals surface area contributed by atoms with Crippen LogP contribution in [-0.2, 0) is 14.8 Å². The third-order valence-electron chi connectivity index (χ3n) is 4.40. The lowest BCUT2D eigenvalue weighted by Gasteiger charge is -2.14. The van der Waals surface area contributed by atoms with Crippen LogP contribution in [0.3, 0.4) is 0 Å². The van der Waals surface area contributed by atoms with E-state index in [-0.39, 0.29) is 23.3 Å². The highest BCUT2D eigenvalue weighted by Gasteiger charge is 2.24. The van der Waals surface area contributed by atoms with Crippen molar-refractivity contribution in [2.75, 3.05) is 20.3 Å². The number of aromatic nitrogens is 1. The summed E-state index contributed by atoms with van der Waals surface area (Å²) in [6, 6.07) is 4.92. The molecule has 0 saturated carbocycles. The molecule has 25 heavy (non-hydrogen) atoms. The van der Waals surface area contributed by atoms with Gasteiger partial charge >= 0.3 is 0 Å². The summed E-state index contributed by atoms with van der Waals surface area (Å²) < 4.78 is 44.2. The summed E-state index contributed by atoms with van der Waals surface area (Å²) in [6.07, 6.45) is 1.73. The van der Waals surface area contributed by atoms with Gasteiger partial charge in [-0.2, -0.15) is 0 Å². The molecule has 1 fully saturated rings. The molecule has 1 aliphatic heterocycles. The molecule has 0 spiro atoms. The molecule has 7 nitrogen and oxygen atoms in total. The van der Waals surface area contributed by atoms with Crippen LogP contribution in [0.1, 0.15) is 24.1 Å². The molecular formula is C17H22N2O5S. The molecule has 136 valence electrons. The number of nitrogens with zero attached hydrogens (tertiary/aromatic N) is 1. The minimum atomic E-state index is -3.74. The number of aryl methyl sites for hydroxylation is 1. The van der Waals surface area contributed by atoms with E-state index in [1.165, 1.54) is 7.11 Å². The number of benzene rings is 1. The van der Waals surface area contributed by atoms with Crippen molar-refractivity contribution in [1.29, 1.82) is 0 Å². The Bertz CT molecular complexity index is 854. The van der Waals surface area contributed by atoms with Crippen LogP contribution in [0.15, 0.2) is 27.6 Å². The number of ether oxygens (including phenoxy) is 2. The standard InChI is InChI=1S/C17H22N2O5S/c1-11-12(2)19-24-17(11)13-6-7-15(22-3)16(9-13)25(20,21)18-10-14-5-4-8-23-14/h6-7,9,14,18H,4-5,8,10H2,1-3H3. The topological polar surface area (TPSA) is 90.7 Å². The van der Waals surface area contributed by atoms with Crippen LogP contribution in [0.4, 0.5) is 0 Å². The maximum absolute atomic E-state index is 12.7. The Morgan fingerprint density at radius 1 is 1.36 bits per heavy atom. The second-order valence-electron chi connectivity index (χ2n) is 6.07. The van der Waals surface area contributed by atoms with Crippen molar-refractivity contribution < 1.29 is 22.4 Å². The van der Waals surface area contributed by atoms with Crippen molar-refractivity contribution in [2.45, 2.75) is 37.7 Å². The first-order chi connectivity index (χ1) is 11.9. The highest BCUT2D eigenvalue weighted by molar-refractivity contribution is 7.89. The van der Waals surface area contributed by atoms with Gasteiger partial charge < -0.3 is 14.0 Å². The van der Waals surface area contributed by atoms with E-state index in [4.69, 9.17) is 14.0 Å². The molecule has 0 amide bonds. The molecule has 3 rings (SSSR count). The number of nitrogens with one attached hydrogen (secondary N) is 1. The number of hydrogen-bond donors (Lipinski definition) is 1. The Hall–Kier alpha value is -1.90. The smallest absolute Gasteiger partial charge is 0.244 e. The number of rotatable bonds is 6. The van der Waals surface area contributed by atoms with E-state index in [2.05, 4.69) is 9.88 Å². The Labute approximate surface area is 147 Å². The molecule has 1 aromatic carbocycles. The maximum Gasteiger partial charge on any atom is 0.244 e. The summed E-state index contributed by atoms with van der Waals surface area (Å²) in [7, 11) is -2.30. The molecule has 1 atom stereocenters. The van der Waals surface area contributed by atoms with Crippen LogP contribution in [0.5, 0.6) is 5.75 Å². The van der Waals surface area contributed by atoms with Crippen molar-refractivity contribution in [2.24, 2.45) is 0 Å². The van der Waals surface area contributed by atoms with Gasteiger partial charge in [0.05, 0.1) is 18.9 Å². The number of methoxy groups -OCH3 is 1. The minimum Gasteiger partial charge on any atom is -0.495 e. The van der Waals surface area contributed by atoms with Crippen molar-refractivity contribution in [1.82, 2.24) is 9.88 Å². The van der Waals surface area contributed by atoms with E-state index in [0.29, 0.717) is 17.9 Å². The van der Waals surface area contributed by atoms with Crippen LogP contribution in [0.25, 0.3) is 11.3 Å². The molecule has 1 aromatic heterocycles. The zero-order chi connectivity index (χ0) is 18.0. The predicted octanol–water partition coefficient (Wildman–Crippen LogP) is 2.42. The van der Waals surface area contributed by atoms with Gasteiger partial charge in [0.25, 0.3) is 0 Å². The second-order valence-corrected chi connectivity index (χ2v) is 7.81. The van der Waals surface area contributed by atoms with Gasteiger partial charge in [-0.15, -0.1) is 0 Å². The van der Waals surface area contributed by atoms with Crippen LogP contribution < -0.4 is 9.46 Å². The first-order valence-corrected chi connectivity index (χ1v) is 9.63. The van der Waals surface area contributed by atoms with Crippen molar-refractivity contribution in [3.63, 3.8) is 0 Å². The highest BCUT2D eigenvalue weighted by Crippen LogP contribution is 2.32. The average Bonchev–Trinajstić information content (AvgIpc) is 3.23. The van der Waals surface area contributed by atoms with E-state index in [1.807, 2.05) is 13.8 Å². The Morgan fingerprint density at radius 2 is 2.16 bits per heavy atom. The molecule has 1 saturated heterocycles. The fourth-order valence-electron chi connectivity index (χ4n) is 2.80. The number of hydrogen-bond acceptors (Lipinski definition) is 6. The normalized spacial score (nSPS) is 17.8. The van der Waals surface area contributed by atoms with Gasteiger partial charge in [-0.25, -0.2) is 13.1 Å².